The molecule has 0 heterocycles. The van der Waals surface area contributed by atoms with Crippen LogP contribution in [-0.4, -0.2) is 0 Å². The molecule has 0 aromatic heterocycles. The van der Waals surface area contributed by atoms with E-state index in [9.17, 15) is 0 Å². The van der Waals surface area contributed by atoms with Crippen molar-refractivity contribution >= 4 is 0 Å². The van der Waals surface area contributed by atoms with Crippen LogP contribution in [0.25, 0.3) is 0 Å². The molecule has 15 heavy (non-hydrogen) atoms. The minimum absolute atomic E-state index is 0.707. The molecule has 3 saturated carbocycles. The SMILES string of the molecule is C=C(C)[C@@H]1CC[C@]2(C)[C@H]1[C@H]1C(C)CC[C@H]12. The molecule has 0 bridgehead atoms. The second-order valence-electron chi connectivity index (χ2n) is 6.76. The van der Waals surface area contributed by atoms with Crippen LogP contribution in [0.1, 0.15) is 46.5 Å². The van der Waals surface area contributed by atoms with Crippen LogP contribution in [0.5, 0.6) is 0 Å². The molecule has 1 unspecified atom stereocenters. The molecule has 0 nitrogen and oxygen atoms in total. The summed E-state index contributed by atoms with van der Waals surface area (Å²) in [4.78, 5) is 0. The van der Waals surface area contributed by atoms with Crippen molar-refractivity contribution in [2.75, 3.05) is 0 Å². The largest absolute Gasteiger partial charge is 0.0998 e. The fourth-order valence-electron chi connectivity index (χ4n) is 5.44. The van der Waals surface area contributed by atoms with Gasteiger partial charge in [-0.3, -0.25) is 0 Å². The van der Waals surface area contributed by atoms with Gasteiger partial charge in [0, 0.05) is 0 Å². The molecule has 0 N–H and O–H groups in total. The summed E-state index contributed by atoms with van der Waals surface area (Å²) in [6.45, 7) is 11.5. The zero-order valence-electron chi connectivity index (χ0n) is 10.4. The first-order valence-electron chi connectivity index (χ1n) is 6.71. The van der Waals surface area contributed by atoms with Gasteiger partial charge in [0.25, 0.3) is 0 Å². The van der Waals surface area contributed by atoms with Crippen LogP contribution >= 0.6 is 0 Å². The lowest BCUT2D eigenvalue weighted by molar-refractivity contribution is -0.0940. The fraction of sp³-hybridized carbons (Fsp3) is 0.867. The molecular formula is C15H24. The summed E-state index contributed by atoms with van der Waals surface area (Å²) in [6, 6.07) is 0. The molecule has 0 spiro atoms. The van der Waals surface area contributed by atoms with Crippen LogP contribution < -0.4 is 0 Å². The predicted molar refractivity (Wildman–Crippen MR) is 64.5 cm³/mol. The van der Waals surface area contributed by atoms with Crippen molar-refractivity contribution in [3.63, 3.8) is 0 Å². The Bertz CT molecular complexity index is 303. The minimum Gasteiger partial charge on any atom is -0.0998 e. The normalized spacial score (nSPS) is 57.1. The Hall–Kier alpha value is -0.260. The van der Waals surface area contributed by atoms with Crippen molar-refractivity contribution in [2.45, 2.75) is 46.5 Å². The summed E-state index contributed by atoms with van der Waals surface area (Å²) in [5.41, 5.74) is 2.17. The van der Waals surface area contributed by atoms with Gasteiger partial charge in [-0.1, -0.05) is 32.4 Å². The van der Waals surface area contributed by atoms with E-state index in [0.717, 1.165) is 29.6 Å². The molecule has 6 atom stereocenters. The van der Waals surface area contributed by atoms with Crippen molar-refractivity contribution in [1.82, 2.24) is 0 Å². The van der Waals surface area contributed by atoms with Gasteiger partial charge in [0.15, 0.2) is 0 Å². The maximum Gasteiger partial charge on any atom is -0.0172 e. The zero-order valence-corrected chi connectivity index (χ0v) is 10.4. The standard InChI is InChI=1S/C15H24/c1-9(2)11-7-8-15(4)12-6-5-10(3)13(12)14(11)15/h10-14H,1,5-8H2,2-4H3/t10?,11-,12+,13-,14+,15-/m0/s1. The van der Waals surface area contributed by atoms with Crippen molar-refractivity contribution in [2.24, 2.45) is 35.0 Å². The maximum absolute atomic E-state index is 4.23. The first-order chi connectivity index (χ1) is 7.05. The van der Waals surface area contributed by atoms with Crippen LogP contribution in [0.15, 0.2) is 12.2 Å². The number of fused-ring (bicyclic) bond motifs is 4. The minimum atomic E-state index is 0.707. The van der Waals surface area contributed by atoms with Crippen molar-refractivity contribution in [3.05, 3.63) is 12.2 Å². The highest BCUT2D eigenvalue weighted by Crippen LogP contribution is 2.73. The molecule has 3 fully saturated rings. The summed E-state index contributed by atoms with van der Waals surface area (Å²) in [5, 5.41) is 0. The summed E-state index contributed by atoms with van der Waals surface area (Å²) in [6.07, 6.45) is 5.91. The van der Waals surface area contributed by atoms with Gasteiger partial charge < -0.3 is 0 Å². The van der Waals surface area contributed by atoms with Crippen LogP contribution in [0.2, 0.25) is 0 Å². The number of rotatable bonds is 1. The summed E-state index contributed by atoms with van der Waals surface area (Å²) < 4.78 is 0. The first kappa shape index (κ1) is 9.93. The smallest absolute Gasteiger partial charge is 0.0172 e. The third-order valence-corrected chi connectivity index (χ3v) is 6.14. The quantitative estimate of drug-likeness (QED) is 0.559. The lowest BCUT2D eigenvalue weighted by Crippen LogP contribution is -2.53. The number of hydrogen-bond donors (Lipinski definition) is 0. The highest BCUT2D eigenvalue weighted by atomic mass is 14.7. The lowest BCUT2D eigenvalue weighted by Gasteiger charge is -2.57. The summed E-state index contributed by atoms with van der Waals surface area (Å²) >= 11 is 0. The average molecular weight is 204 g/mol. The molecule has 0 heteroatoms. The topological polar surface area (TPSA) is 0 Å². The van der Waals surface area contributed by atoms with Crippen LogP contribution in [0.4, 0.5) is 0 Å². The van der Waals surface area contributed by atoms with Crippen molar-refractivity contribution in [3.8, 4) is 0 Å². The van der Waals surface area contributed by atoms with Crippen LogP contribution in [0, 0.1) is 35.0 Å². The molecular weight excluding hydrogens is 180 g/mol. The molecule has 0 amide bonds. The first-order valence-corrected chi connectivity index (χ1v) is 6.71. The van der Waals surface area contributed by atoms with Gasteiger partial charge >= 0.3 is 0 Å². The Morgan fingerprint density at radius 3 is 2.67 bits per heavy atom. The Morgan fingerprint density at radius 1 is 1.27 bits per heavy atom. The molecule has 84 valence electrons. The third kappa shape index (κ3) is 1.04. The molecule has 0 aliphatic heterocycles. The Labute approximate surface area is 94.1 Å². The fourth-order valence-corrected chi connectivity index (χ4v) is 5.44. The van der Waals surface area contributed by atoms with E-state index in [0.29, 0.717) is 5.41 Å². The van der Waals surface area contributed by atoms with Gasteiger partial charge in [-0.15, -0.1) is 0 Å². The predicted octanol–water partition coefficient (Wildman–Crippen LogP) is 4.27. The Balaban J connectivity index is 1.91. The second kappa shape index (κ2) is 2.90. The zero-order chi connectivity index (χ0) is 10.8. The van der Waals surface area contributed by atoms with E-state index < -0.39 is 0 Å². The van der Waals surface area contributed by atoms with Crippen LogP contribution in [0.3, 0.4) is 0 Å². The van der Waals surface area contributed by atoms with E-state index in [2.05, 4.69) is 27.4 Å². The van der Waals surface area contributed by atoms with Gasteiger partial charge in [0.1, 0.15) is 0 Å². The monoisotopic (exact) mass is 204 g/mol. The molecule has 0 radical (unpaired) electrons. The van der Waals surface area contributed by atoms with Gasteiger partial charge in [-0.25, -0.2) is 0 Å². The lowest BCUT2D eigenvalue weighted by atomic mass is 9.47. The van der Waals surface area contributed by atoms with Crippen molar-refractivity contribution < 1.29 is 0 Å². The summed E-state index contributed by atoms with van der Waals surface area (Å²) in [5.74, 6) is 4.98. The highest BCUT2D eigenvalue weighted by molar-refractivity contribution is 5.20. The number of allylic oxidation sites excluding steroid dienone is 1. The summed E-state index contributed by atoms with van der Waals surface area (Å²) in [7, 11) is 0. The van der Waals surface area contributed by atoms with Gasteiger partial charge in [0.05, 0.1) is 0 Å². The molecule has 0 saturated heterocycles. The Kier molecular flexibility index (Phi) is 1.92. The maximum atomic E-state index is 4.23. The molecule has 0 aromatic carbocycles. The van der Waals surface area contributed by atoms with E-state index in [1.54, 1.807) is 0 Å². The van der Waals surface area contributed by atoms with Crippen LogP contribution in [-0.2, 0) is 0 Å². The second-order valence-corrected chi connectivity index (χ2v) is 6.76. The molecule has 3 aliphatic rings. The van der Waals surface area contributed by atoms with E-state index in [1.165, 1.54) is 31.3 Å². The van der Waals surface area contributed by atoms with Crippen molar-refractivity contribution in [1.29, 1.82) is 0 Å². The van der Waals surface area contributed by atoms with E-state index in [-0.39, 0.29) is 0 Å². The number of hydrogen-bond acceptors (Lipinski definition) is 0. The van der Waals surface area contributed by atoms with Gasteiger partial charge in [-0.05, 0) is 61.2 Å². The average Bonchev–Trinajstić information content (AvgIpc) is 2.62. The van der Waals surface area contributed by atoms with E-state index in [4.69, 9.17) is 0 Å². The van der Waals surface area contributed by atoms with Gasteiger partial charge in [-0.2, -0.15) is 0 Å². The highest BCUT2D eigenvalue weighted by Gasteiger charge is 2.66. The molecule has 3 rings (SSSR count). The van der Waals surface area contributed by atoms with Gasteiger partial charge in [0.2, 0.25) is 0 Å². The molecule has 3 aliphatic carbocycles. The van der Waals surface area contributed by atoms with E-state index >= 15 is 0 Å². The molecule has 0 aromatic rings. The third-order valence-electron chi connectivity index (χ3n) is 6.14. The van der Waals surface area contributed by atoms with E-state index in [1.807, 2.05) is 0 Å². The Morgan fingerprint density at radius 2 is 2.00 bits per heavy atom.